The van der Waals surface area contributed by atoms with Crippen LogP contribution in [-0.2, 0) is 6.54 Å². The average molecular weight is 300 g/mol. The summed E-state index contributed by atoms with van der Waals surface area (Å²) in [5, 5.41) is 7.36. The van der Waals surface area contributed by atoms with Gasteiger partial charge in [-0.1, -0.05) is 23.2 Å². The normalized spacial score (nSPS) is 10.5. The molecule has 0 aliphatic carbocycles. The van der Waals surface area contributed by atoms with Crippen molar-refractivity contribution in [2.45, 2.75) is 13.5 Å². The largest absolute Gasteiger partial charge is 0.467 e. The molecule has 2 aromatic heterocycles. The fourth-order valence-corrected chi connectivity index (χ4v) is 1.91. The Bertz CT molecular complexity index is 572. The van der Waals surface area contributed by atoms with Gasteiger partial charge in [-0.25, -0.2) is 0 Å². The average Bonchev–Trinajstić information content (AvgIpc) is 2.91. The summed E-state index contributed by atoms with van der Waals surface area (Å²) < 4.78 is 5.22. The van der Waals surface area contributed by atoms with Gasteiger partial charge in [-0.3, -0.25) is 4.79 Å². The monoisotopic (exact) mass is 299 g/mol. The van der Waals surface area contributed by atoms with Crippen molar-refractivity contribution in [2.24, 2.45) is 0 Å². The molecular formula is C12H11Cl2N3O2. The molecule has 0 unspecified atom stereocenters. The summed E-state index contributed by atoms with van der Waals surface area (Å²) in [6.45, 7) is 2.74. The van der Waals surface area contributed by atoms with Gasteiger partial charge in [0.2, 0.25) is 0 Å². The van der Waals surface area contributed by atoms with Crippen molar-refractivity contribution in [3.8, 4) is 0 Å². The maximum absolute atomic E-state index is 12.3. The van der Waals surface area contributed by atoms with Crippen LogP contribution in [0.3, 0.4) is 0 Å². The molecule has 0 N–H and O–H groups in total. The fraction of sp³-hybridized carbons (Fsp3) is 0.250. The number of rotatable bonds is 4. The van der Waals surface area contributed by atoms with Crippen molar-refractivity contribution >= 4 is 29.1 Å². The molecule has 0 spiro atoms. The van der Waals surface area contributed by atoms with Crippen LogP contribution in [0.1, 0.15) is 23.0 Å². The Morgan fingerprint density at radius 2 is 2.21 bits per heavy atom. The summed E-state index contributed by atoms with van der Waals surface area (Å²) in [5.41, 5.74) is 0.232. The predicted molar refractivity (Wildman–Crippen MR) is 71.2 cm³/mol. The molecule has 0 aliphatic heterocycles. The molecule has 1 amide bonds. The smallest absolute Gasteiger partial charge is 0.257 e. The predicted octanol–water partition coefficient (Wildman–Crippen LogP) is 3.04. The van der Waals surface area contributed by atoms with Gasteiger partial charge in [0.25, 0.3) is 5.91 Å². The second-order valence-electron chi connectivity index (χ2n) is 3.77. The van der Waals surface area contributed by atoms with E-state index in [1.54, 1.807) is 23.3 Å². The molecule has 5 nitrogen and oxygen atoms in total. The SMILES string of the molecule is CCN(Cc1ccco1)C(=O)c1cc(Cl)nnc1Cl. The third-order valence-electron chi connectivity index (χ3n) is 2.55. The van der Waals surface area contributed by atoms with E-state index in [0.717, 1.165) is 0 Å². The summed E-state index contributed by atoms with van der Waals surface area (Å²) >= 11 is 11.6. The summed E-state index contributed by atoms with van der Waals surface area (Å²) in [6.07, 6.45) is 1.56. The summed E-state index contributed by atoms with van der Waals surface area (Å²) in [7, 11) is 0. The molecule has 0 aromatic carbocycles. The Balaban J connectivity index is 2.23. The highest BCUT2D eigenvalue weighted by molar-refractivity contribution is 6.34. The molecule has 7 heteroatoms. The number of nitrogens with zero attached hydrogens (tertiary/aromatic N) is 3. The van der Waals surface area contributed by atoms with Crippen LogP contribution in [0.15, 0.2) is 28.9 Å². The van der Waals surface area contributed by atoms with E-state index in [9.17, 15) is 4.79 Å². The van der Waals surface area contributed by atoms with E-state index in [-0.39, 0.29) is 21.8 Å². The van der Waals surface area contributed by atoms with E-state index in [1.807, 2.05) is 6.92 Å². The first-order chi connectivity index (χ1) is 9.11. The summed E-state index contributed by atoms with van der Waals surface area (Å²) in [5.74, 6) is 0.431. The second kappa shape index (κ2) is 6.04. The van der Waals surface area contributed by atoms with Crippen molar-refractivity contribution in [1.82, 2.24) is 15.1 Å². The highest BCUT2D eigenvalue weighted by atomic mass is 35.5. The Kier molecular flexibility index (Phi) is 4.39. The maximum Gasteiger partial charge on any atom is 0.257 e. The van der Waals surface area contributed by atoms with Gasteiger partial charge in [0.05, 0.1) is 18.4 Å². The van der Waals surface area contributed by atoms with Crippen LogP contribution in [0, 0.1) is 0 Å². The van der Waals surface area contributed by atoms with E-state index >= 15 is 0 Å². The van der Waals surface area contributed by atoms with Gasteiger partial charge in [0.1, 0.15) is 5.76 Å². The number of amides is 1. The number of furan rings is 1. The van der Waals surface area contributed by atoms with Crippen molar-refractivity contribution < 1.29 is 9.21 Å². The van der Waals surface area contributed by atoms with Gasteiger partial charge in [-0.05, 0) is 25.1 Å². The van der Waals surface area contributed by atoms with Crippen LogP contribution >= 0.6 is 23.2 Å². The Morgan fingerprint density at radius 1 is 1.42 bits per heavy atom. The second-order valence-corrected chi connectivity index (χ2v) is 4.52. The van der Waals surface area contributed by atoms with Gasteiger partial charge >= 0.3 is 0 Å². The standard InChI is InChI=1S/C12H11Cl2N3O2/c1-2-17(7-8-4-3-5-19-8)12(18)9-6-10(13)15-16-11(9)14/h3-6H,2,7H2,1H3. The molecule has 0 bridgehead atoms. The molecule has 100 valence electrons. The quantitative estimate of drug-likeness (QED) is 0.870. The highest BCUT2D eigenvalue weighted by Gasteiger charge is 2.20. The molecule has 0 radical (unpaired) electrons. The minimum absolute atomic E-state index is 0.0345. The van der Waals surface area contributed by atoms with E-state index < -0.39 is 0 Å². The Morgan fingerprint density at radius 3 is 2.84 bits per heavy atom. The zero-order chi connectivity index (χ0) is 13.8. The molecule has 0 fully saturated rings. The number of hydrogen-bond donors (Lipinski definition) is 0. The van der Waals surface area contributed by atoms with Gasteiger partial charge in [0.15, 0.2) is 10.3 Å². The number of carbonyl (C=O) groups excluding carboxylic acids is 1. The summed E-state index contributed by atoms with van der Waals surface area (Å²) in [6, 6.07) is 4.98. The Labute approximate surface area is 120 Å². The fourth-order valence-electron chi connectivity index (χ4n) is 1.59. The lowest BCUT2D eigenvalue weighted by molar-refractivity contribution is 0.0741. The van der Waals surface area contributed by atoms with Crippen LogP contribution in [0.2, 0.25) is 10.3 Å². The van der Waals surface area contributed by atoms with Gasteiger partial charge < -0.3 is 9.32 Å². The van der Waals surface area contributed by atoms with Gasteiger partial charge in [-0.2, -0.15) is 0 Å². The van der Waals surface area contributed by atoms with Crippen molar-refractivity contribution in [1.29, 1.82) is 0 Å². The molecule has 19 heavy (non-hydrogen) atoms. The number of hydrogen-bond acceptors (Lipinski definition) is 4. The minimum atomic E-state index is -0.263. The van der Waals surface area contributed by atoms with Crippen LogP contribution < -0.4 is 0 Å². The van der Waals surface area contributed by atoms with Crippen molar-refractivity contribution in [3.63, 3.8) is 0 Å². The lowest BCUT2D eigenvalue weighted by atomic mass is 10.2. The van der Waals surface area contributed by atoms with Crippen LogP contribution in [0.25, 0.3) is 0 Å². The molecule has 2 aromatic rings. The van der Waals surface area contributed by atoms with Crippen LogP contribution in [-0.4, -0.2) is 27.5 Å². The van der Waals surface area contributed by atoms with E-state index in [4.69, 9.17) is 27.6 Å². The number of carbonyl (C=O) groups is 1. The topological polar surface area (TPSA) is 59.2 Å². The van der Waals surface area contributed by atoms with E-state index in [1.165, 1.54) is 6.07 Å². The third kappa shape index (κ3) is 3.24. The number of halogens is 2. The van der Waals surface area contributed by atoms with E-state index in [0.29, 0.717) is 18.8 Å². The molecule has 0 saturated carbocycles. The zero-order valence-electron chi connectivity index (χ0n) is 10.1. The molecule has 0 saturated heterocycles. The van der Waals surface area contributed by atoms with E-state index in [2.05, 4.69) is 10.2 Å². The molecule has 2 rings (SSSR count). The minimum Gasteiger partial charge on any atom is -0.467 e. The first-order valence-corrected chi connectivity index (χ1v) is 6.37. The lowest BCUT2D eigenvalue weighted by Gasteiger charge is -2.19. The van der Waals surface area contributed by atoms with Crippen molar-refractivity contribution in [2.75, 3.05) is 6.54 Å². The van der Waals surface area contributed by atoms with Crippen molar-refractivity contribution in [3.05, 3.63) is 46.1 Å². The molecule has 0 aliphatic rings. The zero-order valence-corrected chi connectivity index (χ0v) is 11.6. The maximum atomic E-state index is 12.3. The first kappa shape index (κ1) is 13.8. The summed E-state index contributed by atoms with van der Waals surface area (Å²) in [4.78, 5) is 13.9. The van der Waals surface area contributed by atoms with Crippen LogP contribution in [0.4, 0.5) is 0 Å². The highest BCUT2D eigenvalue weighted by Crippen LogP contribution is 2.18. The molecule has 0 atom stereocenters. The molecule has 2 heterocycles. The third-order valence-corrected chi connectivity index (χ3v) is 3.01. The molecular weight excluding hydrogens is 289 g/mol. The first-order valence-electron chi connectivity index (χ1n) is 5.62. The van der Waals surface area contributed by atoms with Crippen LogP contribution in [0.5, 0.6) is 0 Å². The lowest BCUT2D eigenvalue weighted by Crippen LogP contribution is -2.30. The van der Waals surface area contributed by atoms with Gasteiger partial charge in [0, 0.05) is 6.54 Å². The Hall–Kier alpha value is -1.59. The van der Waals surface area contributed by atoms with Gasteiger partial charge in [-0.15, -0.1) is 10.2 Å². The number of aromatic nitrogens is 2.